The summed E-state index contributed by atoms with van der Waals surface area (Å²) in [5, 5.41) is 0.487. The quantitative estimate of drug-likeness (QED) is 0.331. The van der Waals surface area contributed by atoms with Crippen LogP contribution in [-0.4, -0.2) is 9.97 Å². The van der Waals surface area contributed by atoms with Crippen LogP contribution in [0.1, 0.15) is 5.76 Å². The van der Waals surface area contributed by atoms with Crippen LogP contribution in [0.4, 0.5) is 10.1 Å². The van der Waals surface area contributed by atoms with Gasteiger partial charge in [0.25, 0.3) is 0 Å². The lowest BCUT2D eigenvalue weighted by atomic mass is 10.1. The molecule has 2 aromatic carbocycles. The highest BCUT2D eigenvalue weighted by molar-refractivity contribution is 8.00. The Morgan fingerprint density at radius 1 is 1.04 bits per heavy atom. The van der Waals surface area contributed by atoms with Crippen molar-refractivity contribution in [3.8, 4) is 11.3 Å². The Hall–Kier alpha value is -2.97. The number of aromatic amines is 2. The molecule has 2 aromatic heterocycles. The van der Waals surface area contributed by atoms with Gasteiger partial charge in [-0.05, 0) is 55.3 Å². The third-order valence-electron chi connectivity index (χ3n) is 4.03. The molecule has 0 saturated heterocycles. The molecule has 4 rings (SSSR count). The largest absolute Gasteiger partial charge is 0.461 e. The highest BCUT2D eigenvalue weighted by atomic mass is 35.5. The standard InChI is InChI=1S/C19H13ClFN3O3S/c1-9-2-5-16(27-9)11-4-3-10(6-12(11)20)24-28-17-8-15-14(7-13(17)21)22-18(25)19(26)23-15/h2-8,24H,1H3,(H,22,25)(H,23,26). The molecule has 0 amide bonds. The van der Waals surface area contributed by atoms with Gasteiger partial charge in [-0.25, -0.2) is 4.39 Å². The number of aryl methyl sites for hydroxylation is 1. The van der Waals surface area contributed by atoms with Crippen molar-refractivity contribution < 1.29 is 8.81 Å². The van der Waals surface area contributed by atoms with E-state index in [1.165, 1.54) is 6.07 Å². The molecular formula is C19H13ClFN3O3S. The molecule has 6 nitrogen and oxygen atoms in total. The van der Waals surface area contributed by atoms with Crippen molar-refractivity contribution in [2.24, 2.45) is 0 Å². The maximum Gasteiger partial charge on any atom is 0.314 e. The monoisotopic (exact) mass is 417 g/mol. The number of aromatic nitrogens is 2. The van der Waals surface area contributed by atoms with Crippen LogP contribution in [0.3, 0.4) is 0 Å². The van der Waals surface area contributed by atoms with Gasteiger partial charge in [0.05, 0.1) is 21.0 Å². The van der Waals surface area contributed by atoms with E-state index in [0.29, 0.717) is 22.0 Å². The van der Waals surface area contributed by atoms with Gasteiger partial charge < -0.3 is 19.1 Å². The van der Waals surface area contributed by atoms with Gasteiger partial charge in [0.2, 0.25) is 0 Å². The zero-order chi connectivity index (χ0) is 19.8. The van der Waals surface area contributed by atoms with Crippen LogP contribution < -0.4 is 15.8 Å². The highest BCUT2D eigenvalue weighted by Crippen LogP contribution is 2.33. The fraction of sp³-hybridized carbons (Fsp3) is 0.0526. The van der Waals surface area contributed by atoms with E-state index in [4.69, 9.17) is 16.0 Å². The molecule has 0 aliphatic rings. The molecule has 28 heavy (non-hydrogen) atoms. The van der Waals surface area contributed by atoms with Crippen LogP contribution in [0.5, 0.6) is 0 Å². The Bertz CT molecular complexity index is 1310. The summed E-state index contributed by atoms with van der Waals surface area (Å²) in [6.45, 7) is 1.85. The molecule has 0 fully saturated rings. The molecule has 0 radical (unpaired) electrons. The van der Waals surface area contributed by atoms with Gasteiger partial charge in [0.1, 0.15) is 17.3 Å². The Kier molecular flexibility index (Phi) is 4.74. The van der Waals surface area contributed by atoms with Crippen LogP contribution in [0.15, 0.2) is 61.4 Å². The number of anilines is 1. The van der Waals surface area contributed by atoms with Gasteiger partial charge in [0, 0.05) is 17.3 Å². The van der Waals surface area contributed by atoms with Crippen LogP contribution in [0.2, 0.25) is 5.02 Å². The second-order valence-electron chi connectivity index (χ2n) is 6.05. The number of benzene rings is 2. The van der Waals surface area contributed by atoms with E-state index >= 15 is 0 Å². The molecule has 4 aromatic rings. The van der Waals surface area contributed by atoms with Gasteiger partial charge in [-0.3, -0.25) is 9.59 Å². The maximum absolute atomic E-state index is 14.3. The molecule has 9 heteroatoms. The van der Waals surface area contributed by atoms with E-state index < -0.39 is 16.9 Å². The summed E-state index contributed by atoms with van der Waals surface area (Å²) in [7, 11) is 0. The Labute approximate surface area is 166 Å². The fourth-order valence-electron chi connectivity index (χ4n) is 2.67. The Morgan fingerprint density at radius 3 is 2.39 bits per heavy atom. The summed E-state index contributed by atoms with van der Waals surface area (Å²) in [6.07, 6.45) is 0. The van der Waals surface area contributed by atoms with E-state index in [-0.39, 0.29) is 10.4 Å². The summed E-state index contributed by atoms with van der Waals surface area (Å²) in [5.41, 5.74) is 0.343. The Morgan fingerprint density at radius 2 is 1.75 bits per heavy atom. The van der Waals surface area contributed by atoms with Crippen molar-refractivity contribution in [1.29, 1.82) is 0 Å². The molecule has 0 bridgehead atoms. The third-order valence-corrected chi connectivity index (χ3v) is 5.21. The number of nitrogens with one attached hydrogen (secondary N) is 3. The van der Waals surface area contributed by atoms with Crippen LogP contribution in [0, 0.1) is 12.7 Å². The zero-order valence-corrected chi connectivity index (χ0v) is 16.0. The summed E-state index contributed by atoms with van der Waals surface area (Å²) in [6, 6.07) is 11.6. The number of H-pyrrole nitrogens is 2. The minimum absolute atomic E-state index is 0.215. The van der Waals surface area contributed by atoms with Gasteiger partial charge in [-0.2, -0.15) is 0 Å². The number of hydrogen-bond acceptors (Lipinski definition) is 5. The van der Waals surface area contributed by atoms with E-state index in [1.807, 2.05) is 25.1 Å². The van der Waals surface area contributed by atoms with E-state index in [9.17, 15) is 14.0 Å². The first-order valence-electron chi connectivity index (χ1n) is 8.16. The zero-order valence-electron chi connectivity index (χ0n) is 14.4. The predicted molar refractivity (Wildman–Crippen MR) is 109 cm³/mol. The van der Waals surface area contributed by atoms with Crippen molar-refractivity contribution in [1.82, 2.24) is 9.97 Å². The summed E-state index contributed by atoms with van der Waals surface area (Å²) < 4.78 is 22.9. The molecule has 0 aliphatic heterocycles. The number of furan rings is 1. The number of halogens is 2. The molecule has 142 valence electrons. The van der Waals surface area contributed by atoms with Gasteiger partial charge in [0.15, 0.2) is 0 Å². The van der Waals surface area contributed by atoms with Crippen molar-refractivity contribution in [3.63, 3.8) is 0 Å². The molecule has 2 heterocycles. The molecule has 3 N–H and O–H groups in total. The van der Waals surface area contributed by atoms with Gasteiger partial charge >= 0.3 is 11.1 Å². The smallest absolute Gasteiger partial charge is 0.314 e. The first kappa shape index (κ1) is 18.4. The van der Waals surface area contributed by atoms with Crippen molar-refractivity contribution in [2.75, 3.05) is 4.72 Å². The molecular weight excluding hydrogens is 405 g/mol. The molecule has 0 atom stereocenters. The maximum atomic E-state index is 14.3. The average Bonchev–Trinajstić information content (AvgIpc) is 3.08. The predicted octanol–water partition coefficient (Wildman–Crippen LogP) is 4.70. The lowest BCUT2D eigenvalue weighted by Crippen LogP contribution is -2.28. The minimum atomic E-state index is -0.827. The van der Waals surface area contributed by atoms with Crippen molar-refractivity contribution in [2.45, 2.75) is 11.8 Å². The normalized spacial score (nSPS) is 11.1. The summed E-state index contributed by atoms with van der Waals surface area (Å²) >= 11 is 7.36. The molecule has 0 spiro atoms. The third kappa shape index (κ3) is 3.56. The van der Waals surface area contributed by atoms with E-state index in [2.05, 4.69) is 14.7 Å². The SMILES string of the molecule is Cc1ccc(-c2ccc(NSc3cc4[nH]c(=O)c(=O)[nH]c4cc3F)cc2Cl)o1. The van der Waals surface area contributed by atoms with E-state index in [0.717, 1.165) is 29.3 Å². The first-order chi connectivity index (χ1) is 13.4. The molecule has 0 saturated carbocycles. The fourth-order valence-corrected chi connectivity index (χ4v) is 3.63. The first-order valence-corrected chi connectivity index (χ1v) is 9.35. The second-order valence-corrected chi connectivity index (χ2v) is 7.30. The highest BCUT2D eigenvalue weighted by Gasteiger charge is 2.11. The number of rotatable bonds is 4. The molecule has 0 aliphatic carbocycles. The molecule has 0 unspecified atom stereocenters. The average molecular weight is 418 g/mol. The van der Waals surface area contributed by atoms with Crippen LogP contribution in [0.25, 0.3) is 22.4 Å². The van der Waals surface area contributed by atoms with Crippen molar-refractivity contribution in [3.05, 3.63) is 79.8 Å². The summed E-state index contributed by atoms with van der Waals surface area (Å²) in [4.78, 5) is 27.8. The van der Waals surface area contributed by atoms with E-state index in [1.54, 1.807) is 12.1 Å². The lowest BCUT2D eigenvalue weighted by Gasteiger charge is -2.09. The number of fused-ring (bicyclic) bond motifs is 1. The van der Waals surface area contributed by atoms with Crippen LogP contribution >= 0.6 is 23.5 Å². The summed E-state index contributed by atoms with van der Waals surface area (Å²) in [5.74, 6) is 0.914. The van der Waals surface area contributed by atoms with Crippen molar-refractivity contribution >= 4 is 40.3 Å². The Balaban J connectivity index is 1.58. The van der Waals surface area contributed by atoms with Gasteiger partial charge in [-0.15, -0.1) is 0 Å². The number of hydrogen-bond donors (Lipinski definition) is 3. The minimum Gasteiger partial charge on any atom is -0.461 e. The lowest BCUT2D eigenvalue weighted by molar-refractivity contribution is 0.548. The van der Waals surface area contributed by atoms with Crippen LogP contribution in [-0.2, 0) is 0 Å². The van der Waals surface area contributed by atoms with Gasteiger partial charge in [-0.1, -0.05) is 11.6 Å². The second kappa shape index (κ2) is 7.21. The topological polar surface area (TPSA) is 90.9 Å².